The highest BCUT2D eigenvalue weighted by molar-refractivity contribution is 7.99. The largest absolute Gasteiger partial charge is 0.339 e. The van der Waals surface area contributed by atoms with E-state index in [1.807, 2.05) is 16.7 Å². The average molecular weight is 214 g/mol. The molecular weight excluding hydrogens is 196 g/mol. The van der Waals surface area contributed by atoms with E-state index in [2.05, 4.69) is 12.2 Å². The number of nitrogens with one attached hydrogen (secondary N) is 1. The molecule has 1 amide bonds. The Hall–Kier alpha value is -0.220. The van der Waals surface area contributed by atoms with Gasteiger partial charge in [-0.25, -0.2) is 0 Å². The highest BCUT2D eigenvalue weighted by Crippen LogP contribution is 2.25. The number of thioether (sulfide) groups is 1. The molecule has 2 rings (SSSR count). The summed E-state index contributed by atoms with van der Waals surface area (Å²) in [5.74, 6) is 2.71. The minimum atomic E-state index is 0.182. The molecule has 80 valence electrons. The third kappa shape index (κ3) is 2.06. The van der Waals surface area contributed by atoms with Crippen LogP contribution in [0.5, 0.6) is 0 Å². The maximum atomic E-state index is 11.0. The van der Waals surface area contributed by atoms with Crippen molar-refractivity contribution in [3.05, 3.63) is 0 Å². The summed E-state index contributed by atoms with van der Waals surface area (Å²) >= 11 is 2.02. The zero-order valence-corrected chi connectivity index (χ0v) is 9.69. The first-order valence-electron chi connectivity index (χ1n) is 5.20. The Morgan fingerprint density at radius 2 is 2.29 bits per heavy atom. The lowest BCUT2D eigenvalue weighted by molar-refractivity contribution is -0.137. The molecule has 0 aromatic heterocycles. The second-order valence-electron chi connectivity index (χ2n) is 4.64. The molecule has 2 saturated heterocycles. The Bertz CT molecular complexity index is 232. The molecule has 3 nitrogen and oxygen atoms in total. The third-order valence-electron chi connectivity index (χ3n) is 3.01. The first kappa shape index (κ1) is 10.3. The molecule has 1 unspecified atom stereocenters. The third-order valence-corrected chi connectivity index (χ3v) is 4.17. The molecule has 14 heavy (non-hydrogen) atoms. The summed E-state index contributed by atoms with van der Waals surface area (Å²) in [6, 6.07) is 0.666. The Kier molecular flexibility index (Phi) is 2.75. The number of amides is 1. The van der Waals surface area contributed by atoms with Crippen LogP contribution >= 0.6 is 11.8 Å². The molecular formula is C10H18N2OS. The second-order valence-corrected chi connectivity index (χ2v) is 5.79. The standard InChI is InChI=1S/C10H18N2OS/c1-8(13)12-6-10(2,7-12)11-9-3-4-14-5-9/h9,11H,3-7H2,1-2H3. The number of carbonyl (C=O) groups excluding carboxylic acids is 1. The fraction of sp³-hybridized carbons (Fsp3) is 0.900. The number of hydrogen-bond donors (Lipinski definition) is 1. The number of rotatable bonds is 2. The molecule has 2 aliphatic rings. The van der Waals surface area contributed by atoms with Crippen LogP contribution in [-0.2, 0) is 4.79 Å². The van der Waals surface area contributed by atoms with E-state index in [0.29, 0.717) is 6.04 Å². The molecule has 0 bridgehead atoms. The van der Waals surface area contributed by atoms with Gasteiger partial charge in [-0.3, -0.25) is 4.79 Å². The van der Waals surface area contributed by atoms with Crippen molar-refractivity contribution < 1.29 is 4.79 Å². The predicted octanol–water partition coefficient (Wildman–Crippen LogP) is 0.702. The van der Waals surface area contributed by atoms with Gasteiger partial charge in [0.2, 0.25) is 5.91 Å². The van der Waals surface area contributed by atoms with Gasteiger partial charge >= 0.3 is 0 Å². The van der Waals surface area contributed by atoms with E-state index in [4.69, 9.17) is 0 Å². The summed E-state index contributed by atoms with van der Waals surface area (Å²) < 4.78 is 0. The summed E-state index contributed by atoms with van der Waals surface area (Å²) in [7, 11) is 0. The van der Waals surface area contributed by atoms with Crippen LogP contribution in [0.15, 0.2) is 0 Å². The van der Waals surface area contributed by atoms with E-state index in [-0.39, 0.29) is 11.4 Å². The van der Waals surface area contributed by atoms with Crippen molar-refractivity contribution in [2.45, 2.75) is 31.8 Å². The van der Waals surface area contributed by atoms with Gasteiger partial charge in [0.05, 0.1) is 5.54 Å². The summed E-state index contributed by atoms with van der Waals surface area (Å²) in [5, 5.41) is 3.66. The van der Waals surface area contributed by atoms with Gasteiger partial charge in [-0.2, -0.15) is 11.8 Å². The molecule has 0 aromatic carbocycles. The molecule has 1 atom stereocenters. The van der Waals surface area contributed by atoms with E-state index in [0.717, 1.165) is 13.1 Å². The first-order valence-corrected chi connectivity index (χ1v) is 6.35. The smallest absolute Gasteiger partial charge is 0.219 e. The number of likely N-dealkylation sites (tertiary alicyclic amines) is 1. The molecule has 0 aromatic rings. The molecule has 0 saturated carbocycles. The van der Waals surface area contributed by atoms with Crippen LogP contribution in [0.2, 0.25) is 0 Å². The van der Waals surface area contributed by atoms with Crippen LogP contribution in [-0.4, -0.2) is 47.0 Å². The van der Waals surface area contributed by atoms with Gasteiger partial charge in [0, 0.05) is 31.8 Å². The molecule has 0 radical (unpaired) electrons. The van der Waals surface area contributed by atoms with E-state index >= 15 is 0 Å². The van der Waals surface area contributed by atoms with Crippen molar-refractivity contribution in [3.8, 4) is 0 Å². The minimum absolute atomic E-state index is 0.182. The summed E-state index contributed by atoms with van der Waals surface area (Å²) in [6.07, 6.45) is 1.28. The normalized spacial score (nSPS) is 30.1. The zero-order chi connectivity index (χ0) is 10.2. The SMILES string of the molecule is CC(=O)N1CC(C)(NC2CCSC2)C1. The molecule has 2 aliphatic heterocycles. The first-order chi connectivity index (χ1) is 6.59. The van der Waals surface area contributed by atoms with Crippen molar-refractivity contribution in [3.63, 3.8) is 0 Å². The topological polar surface area (TPSA) is 32.3 Å². The number of nitrogens with zero attached hydrogens (tertiary/aromatic N) is 1. The van der Waals surface area contributed by atoms with Crippen LogP contribution in [0.3, 0.4) is 0 Å². The Morgan fingerprint density at radius 3 is 2.79 bits per heavy atom. The molecule has 1 N–H and O–H groups in total. The summed E-state index contributed by atoms with van der Waals surface area (Å²) in [4.78, 5) is 12.9. The average Bonchev–Trinajstić information content (AvgIpc) is 2.51. The number of carbonyl (C=O) groups is 1. The second kappa shape index (κ2) is 3.74. The van der Waals surface area contributed by atoms with Crippen LogP contribution in [0.1, 0.15) is 20.3 Å². The zero-order valence-electron chi connectivity index (χ0n) is 8.88. The van der Waals surface area contributed by atoms with E-state index in [1.54, 1.807) is 6.92 Å². The fourth-order valence-corrected chi connectivity index (χ4v) is 3.40. The van der Waals surface area contributed by atoms with Gasteiger partial charge < -0.3 is 10.2 Å². The van der Waals surface area contributed by atoms with Gasteiger partial charge in [0.15, 0.2) is 0 Å². The predicted molar refractivity (Wildman–Crippen MR) is 59.5 cm³/mol. The van der Waals surface area contributed by atoms with Crippen LogP contribution in [0.25, 0.3) is 0 Å². The lowest BCUT2D eigenvalue weighted by Gasteiger charge is -2.49. The van der Waals surface area contributed by atoms with Crippen molar-refractivity contribution in [1.29, 1.82) is 0 Å². The monoisotopic (exact) mass is 214 g/mol. The molecule has 2 heterocycles. The van der Waals surface area contributed by atoms with Gasteiger partial charge in [0.1, 0.15) is 0 Å². The van der Waals surface area contributed by atoms with Crippen LogP contribution in [0.4, 0.5) is 0 Å². The quantitative estimate of drug-likeness (QED) is 0.734. The van der Waals surface area contributed by atoms with E-state index in [9.17, 15) is 4.79 Å². The van der Waals surface area contributed by atoms with Crippen LogP contribution < -0.4 is 5.32 Å². The maximum Gasteiger partial charge on any atom is 0.219 e. The maximum absolute atomic E-state index is 11.0. The van der Waals surface area contributed by atoms with Crippen molar-refractivity contribution >= 4 is 17.7 Å². The molecule has 0 spiro atoms. The Morgan fingerprint density at radius 1 is 1.57 bits per heavy atom. The van der Waals surface area contributed by atoms with Crippen molar-refractivity contribution in [2.24, 2.45) is 0 Å². The molecule has 4 heteroatoms. The van der Waals surface area contributed by atoms with Gasteiger partial charge in [-0.15, -0.1) is 0 Å². The van der Waals surface area contributed by atoms with Crippen LogP contribution in [0, 0.1) is 0 Å². The van der Waals surface area contributed by atoms with Crippen molar-refractivity contribution in [2.75, 3.05) is 24.6 Å². The Labute approximate surface area is 89.6 Å². The van der Waals surface area contributed by atoms with E-state index < -0.39 is 0 Å². The minimum Gasteiger partial charge on any atom is -0.339 e. The van der Waals surface area contributed by atoms with Gasteiger partial charge in [-0.05, 0) is 19.1 Å². The summed E-state index contributed by atoms with van der Waals surface area (Å²) in [6.45, 7) is 5.62. The fourth-order valence-electron chi connectivity index (χ4n) is 2.25. The highest BCUT2D eigenvalue weighted by atomic mass is 32.2. The Balaban J connectivity index is 1.79. The van der Waals surface area contributed by atoms with Crippen molar-refractivity contribution in [1.82, 2.24) is 10.2 Å². The highest BCUT2D eigenvalue weighted by Gasteiger charge is 2.41. The number of hydrogen-bond acceptors (Lipinski definition) is 3. The van der Waals surface area contributed by atoms with Gasteiger partial charge in [-0.1, -0.05) is 0 Å². The summed E-state index contributed by atoms with van der Waals surface area (Å²) in [5.41, 5.74) is 0.182. The molecule has 2 fully saturated rings. The van der Waals surface area contributed by atoms with Gasteiger partial charge in [0.25, 0.3) is 0 Å². The molecule has 0 aliphatic carbocycles. The van der Waals surface area contributed by atoms with E-state index in [1.165, 1.54) is 17.9 Å². The lowest BCUT2D eigenvalue weighted by Crippen LogP contribution is -2.70. The lowest BCUT2D eigenvalue weighted by atomic mass is 9.91.